The SMILES string of the molecule is COCCCC(N)C(=O)Nc1ccc2ncccc2c1. The molecule has 0 bridgehead atoms. The van der Waals surface area contributed by atoms with Gasteiger partial charge in [-0.05, 0) is 37.1 Å². The first kappa shape index (κ1) is 14.4. The molecule has 5 heteroatoms. The molecule has 2 rings (SSSR count). The van der Waals surface area contributed by atoms with Crippen LogP contribution in [0.1, 0.15) is 12.8 Å². The highest BCUT2D eigenvalue weighted by atomic mass is 16.5. The first-order valence-corrected chi connectivity index (χ1v) is 6.61. The second kappa shape index (κ2) is 6.98. The number of pyridine rings is 1. The van der Waals surface area contributed by atoms with Crippen LogP contribution in [0.3, 0.4) is 0 Å². The van der Waals surface area contributed by atoms with Gasteiger partial charge in [-0.25, -0.2) is 0 Å². The predicted octanol–water partition coefficient (Wildman–Crippen LogP) is 1.93. The number of ether oxygens (including phenoxy) is 1. The van der Waals surface area contributed by atoms with Gasteiger partial charge in [0.2, 0.25) is 5.91 Å². The van der Waals surface area contributed by atoms with Crippen LogP contribution >= 0.6 is 0 Å². The maximum absolute atomic E-state index is 12.0. The number of carbonyl (C=O) groups excluding carboxylic acids is 1. The lowest BCUT2D eigenvalue weighted by molar-refractivity contribution is -0.117. The van der Waals surface area contributed by atoms with Crippen molar-refractivity contribution < 1.29 is 9.53 Å². The van der Waals surface area contributed by atoms with Gasteiger partial charge in [0, 0.05) is 31.0 Å². The van der Waals surface area contributed by atoms with Gasteiger partial charge < -0.3 is 15.8 Å². The smallest absolute Gasteiger partial charge is 0.241 e. The third kappa shape index (κ3) is 3.76. The highest BCUT2D eigenvalue weighted by molar-refractivity contribution is 5.96. The fourth-order valence-electron chi connectivity index (χ4n) is 1.97. The van der Waals surface area contributed by atoms with E-state index < -0.39 is 6.04 Å². The van der Waals surface area contributed by atoms with Gasteiger partial charge in [0.15, 0.2) is 0 Å². The maximum atomic E-state index is 12.0. The van der Waals surface area contributed by atoms with Crippen molar-refractivity contribution in [2.45, 2.75) is 18.9 Å². The lowest BCUT2D eigenvalue weighted by Crippen LogP contribution is -2.35. The van der Waals surface area contributed by atoms with E-state index in [2.05, 4.69) is 10.3 Å². The molecule has 0 radical (unpaired) electrons. The third-order valence-electron chi connectivity index (χ3n) is 3.07. The minimum Gasteiger partial charge on any atom is -0.385 e. The van der Waals surface area contributed by atoms with Crippen LogP contribution in [0.5, 0.6) is 0 Å². The molecule has 0 aliphatic carbocycles. The van der Waals surface area contributed by atoms with E-state index in [0.717, 1.165) is 23.0 Å². The number of nitrogens with zero attached hydrogens (tertiary/aromatic N) is 1. The molecule has 0 saturated carbocycles. The Morgan fingerprint density at radius 1 is 1.45 bits per heavy atom. The van der Waals surface area contributed by atoms with Crippen molar-refractivity contribution in [3.05, 3.63) is 36.5 Å². The van der Waals surface area contributed by atoms with Crippen LogP contribution in [0, 0.1) is 0 Å². The molecule has 0 aliphatic heterocycles. The average Bonchev–Trinajstić information content (AvgIpc) is 2.47. The quantitative estimate of drug-likeness (QED) is 0.788. The number of nitrogens with one attached hydrogen (secondary N) is 1. The molecular formula is C15H19N3O2. The standard InChI is InChI=1S/C15H19N3O2/c1-20-9-3-5-13(16)15(19)18-12-6-7-14-11(10-12)4-2-8-17-14/h2,4,6-8,10,13H,3,5,9,16H2,1H3,(H,18,19). The molecule has 0 spiro atoms. The predicted molar refractivity (Wildman–Crippen MR) is 79.5 cm³/mol. The summed E-state index contributed by atoms with van der Waals surface area (Å²) in [6.45, 7) is 0.614. The molecule has 0 aliphatic rings. The second-order valence-corrected chi connectivity index (χ2v) is 4.64. The fourth-order valence-corrected chi connectivity index (χ4v) is 1.97. The highest BCUT2D eigenvalue weighted by Gasteiger charge is 2.13. The number of hydrogen-bond acceptors (Lipinski definition) is 4. The number of fused-ring (bicyclic) bond motifs is 1. The third-order valence-corrected chi connectivity index (χ3v) is 3.07. The molecule has 0 saturated heterocycles. The average molecular weight is 273 g/mol. The molecule has 3 N–H and O–H groups in total. The van der Waals surface area contributed by atoms with E-state index in [0.29, 0.717) is 13.0 Å². The Morgan fingerprint density at radius 3 is 3.10 bits per heavy atom. The molecule has 1 atom stereocenters. The Kier molecular flexibility index (Phi) is 5.03. The van der Waals surface area contributed by atoms with Crippen LogP contribution in [0.15, 0.2) is 36.5 Å². The zero-order valence-electron chi connectivity index (χ0n) is 11.5. The number of amides is 1. The van der Waals surface area contributed by atoms with Crippen LogP contribution < -0.4 is 11.1 Å². The number of methoxy groups -OCH3 is 1. The molecule has 20 heavy (non-hydrogen) atoms. The lowest BCUT2D eigenvalue weighted by Gasteiger charge is -2.12. The Labute approximate surface area is 118 Å². The Balaban J connectivity index is 1.98. The molecule has 1 aromatic heterocycles. The van der Waals surface area contributed by atoms with Gasteiger partial charge in [-0.1, -0.05) is 6.07 Å². The summed E-state index contributed by atoms with van der Waals surface area (Å²) in [6, 6.07) is 8.90. The Bertz CT molecular complexity index is 586. The Morgan fingerprint density at radius 2 is 2.30 bits per heavy atom. The molecule has 1 heterocycles. The van der Waals surface area contributed by atoms with Crippen molar-refractivity contribution in [3.63, 3.8) is 0 Å². The molecule has 5 nitrogen and oxygen atoms in total. The number of benzene rings is 1. The molecular weight excluding hydrogens is 254 g/mol. The van der Waals surface area contributed by atoms with Crippen molar-refractivity contribution >= 4 is 22.5 Å². The first-order chi connectivity index (χ1) is 9.70. The number of rotatable bonds is 6. The number of nitrogens with two attached hydrogens (primary N) is 1. The number of carbonyl (C=O) groups is 1. The molecule has 2 aromatic rings. The van der Waals surface area contributed by atoms with Gasteiger partial charge in [-0.3, -0.25) is 9.78 Å². The normalized spacial score (nSPS) is 12.3. The van der Waals surface area contributed by atoms with Gasteiger partial charge in [0.05, 0.1) is 11.6 Å². The van der Waals surface area contributed by atoms with Crippen LogP contribution in [-0.2, 0) is 9.53 Å². The van der Waals surface area contributed by atoms with Crippen LogP contribution in [-0.4, -0.2) is 30.6 Å². The summed E-state index contributed by atoms with van der Waals surface area (Å²) in [5.74, 6) is -0.177. The zero-order chi connectivity index (χ0) is 14.4. The van der Waals surface area contributed by atoms with E-state index in [-0.39, 0.29) is 5.91 Å². The summed E-state index contributed by atoms with van der Waals surface area (Å²) in [6.07, 6.45) is 3.12. The van der Waals surface area contributed by atoms with E-state index in [4.69, 9.17) is 10.5 Å². The molecule has 1 amide bonds. The topological polar surface area (TPSA) is 77.2 Å². The van der Waals surface area contributed by atoms with E-state index in [9.17, 15) is 4.79 Å². The summed E-state index contributed by atoms with van der Waals surface area (Å²) in [5, 5.41) is 3.81. The molecule has 1 unspecified atom stereocenters. The van der Waals surface area contributed by atoms with E-state index in [1.165, 1.54) is 0 Å². The zero-order valence-corrected chi connectivity index (χ0v) is 11.5. The monoisotopic (exact) mass is 273 g/mol. The van der Waals surface area contributed by atoms with Crippen LogP contribution in [0.25, 0.3) is 10.9 Å². The molecule has 0 fully saturated rings. The van der Waals surface area contributed by atoms with E-state index >= 15 is 0 Å². The summed E-state index contributed by atoms with van der Waals surface area (Å²) >= 11 is 0. The second-order valence-electron chi connectivity index (χ2n) is 4.64. The number of anilines is 1. The van der Waals surface area contributed by atoms with Crippen molar-refractivity contribution in [1.29, 1.82) is 0 Å². The summed E-state index contributed by atoms with van der Waals surface area (Å²) in [7, 11) is 1.63. The van der Waals surface area contributed by atoms with Crippen LogP contribution in [0.4, 0.5) is 5.69 Å². The molecule has 106 valence electrons. The first-order valence-electron chi connectivity index (χ1n) is 6.61. The van der Waals surface area contributed by atoms with Gasteiger partial charge in [-0.2, -0.15) is 0 Å². The van der Waals surface area contributed by atoms with Crippen molar-refractivity contribution in [2.75, 3.05) is 19.0 Å². The van der Waals surface area contributed by atoms with Gasteiger partial charge in [0.1, 0.15) is 0 Å². The van der Waals surface area contributed by atoms with Gasteiger partial charge in [0.25, 0.3) is 0 Å². The van der Waals surface area contributed by atoms with Crippen molar-refractivity contribution in [2.24, 2.45) is 5.73 Å². The van der Waals surface area contributed by atoms with Crippen molar-refractivity contribution in [3.8, 4) is 0 Å². The summed E-state index contributed by atoms with van der Waals surface area (Å²) in [4.78, 5) is 16.2. The number of aromatic nitrogens is 1. The fraction of sp³-hybridized carbons (Fsp3) is 0.333. The highest BCUT2D eigenvalue weighted by Crippen LogP contribution is 2.17. The molecule has 1 aromatic carbocycles. The van der Waals surface area contributed by atoms with E-state index in [1.54, 1.807) is 13.3 Å². The lowest BCUT2D eigenvalue weighted by atomic mass is 10.1. The maximum Gasteiger partial charge on any atom is 0.241 e. The largest absolute Gasteiger partial charge is 0.385 e. The minimum atomic E-state index is -0.519. The van der Waals surface area contributed by atoms with E-state index in [1.807, 2.05) is 30.3 Å². The van der Waals surface area contributed by atoms with Crippen molar-refractivity contribution in [1.82, 2.24) is 4.98 Å². The Hall–Kier alpha value is -1.98. The van der Waals surface area contributed by atoms with Crippen LogP contribution in [0.2, 0.25) is 0 Å². The summed E-state index contributed by atoms with van der Waals surface area (Å²) in [5.41, 5.74) is 7.47. The summed E-state index contributed by atoms with van der Waals surface area (Å²) < 4.78 is 4.94. The van der Waals surface area contributed by atoms with Gasteiger partial charge in [-0.15, -0.1) is 0 Å². The van der Waals surface area contributed by atoms with Gasteiger partial charge >= 0.3 is 0 Å². The minimum absolute atomic E-state index is 0.177. The number of hydrogen-bond donors (Lipinski definition) is 2.